The van der Waals surface area contributed by atoms with E-state index in [2.05, 4.69) is 21.2 Å². The van der Waals surface area contributed by atoms with Crippen LogP contribution in [-0.2, 0) is 4.79 Å². The lowest BCUT2D eigenvalue weighted by atomic mass is 10.3. The Hall–Kier alpha value is -1.86. The maximum atomic E-state index is 11.7. The van der Waals surface area contributed by atoms with Crippen molar-refractivity contribution in [2.24, 2.45) is 0 Å². The smallest absolute Gasteiger partial charge is 0.345 e. The van der Waals surface area contributed by atoms with Crippen LogP contribution in [0.3, 0.4) is 0 Å². The van der Waals surface area contributed by atoms with Gasteiger partial charge in [0.25, 0.3) is 5.91 Å². The summed E-state index contributed by atoms with van der Waals surface area (Å²) in [6.45, 7) is -0.142. The van der Waals surface area contributed by atoms with E-state index in [-0.39, 0.29) is 17.4 Å². The highest BCUT2D eigenvalue weighted by molar-refractivity contribution is 9.10. The van der Waals surface area contributed by atoms with Gasteiger partial charge in [-0.2, -0.15) is 0 Å². The Balaban J connectivity index is 1.87. The van der Waals surface area contributed by atoms with Gasteiger partial charge >= 0.3 is 5.97 Å². The predicted octanol–water partition coefficient (Wildman–Crippen LogP) is 3.23. The number of hydrogen-bond acceptors (Lipinski definition) is 4. The molecule has 0 saturated heterocycles. The molecule has 0 saturated carbocycles. The molecule has 0 aliphatic carbocycles. The molecule has 20 heavy (non-hydrogen) atoms. The van der Waals surface area contributed by atoms with Crippen molar-refractivity contribution >= 4 is 44.1 Å². The van der Waals surface area contributed by atoms with Crippen molar-refractivity contribution in [3.8, 4) is 5.75 Å². The van der Waals surface area contributed by atoms with Crippen LogP contribution in [0.1, 0.15) is 9.67 Å². The quantitative estimate of drug-likeness (QED) is 0.863. The number of benzene rings is 1. The molecule has 0 unspecified atom stereocenters. The van der Waals surface area contributed by atoms with Gasteiger partial charge in [0.15, 0.2) is 6.61 Å². The van der Waals surface area contributed by atoms with Crippen molar-refractivity contribution in [2.75, 3.05) is 11.9 Å². The molecule has 0 aliphatic rings. The van der Waals surface area contributed by atoms with Gasteiger partial charge in [-0.25, -0.2) is 4.79 Å². The van der Waals surface area contributed by atoms with Gasteiger partial charge in [0.2, 0.25) is 0 Å². The molecule has 1 heterocycles. The van der Waals surface area contributed by atoms with Crippen LogP contribution in [0.15, 0.2) is 40.9 Å². The summed E-state index contributed by atoms with van der Waals surface area (Å²) < 4.78 is 6.18. The highest BCUT2D eigenvalue weighted by atomic mass is 79.9. The lowest BCUT2D eigenvalue weighted by molar-refractivity contribution is -0.118. The van der Waals surface area contributed by atoms with Crippen LogP contribution in [0, 0.1) is 0 Å². The van der Waals surface area contributed by atoms with Crippen LogP contribution in [0.2, 0.25) is 0 Å². The molecular formula is C13H10BrNO4S. The fourth-order valence-corrected chi connectivity index (χ4v) is 2.54. The van der Waals surface area contributed by atoms with Gasteiger partial charge in [0, 0.05) is 4.47 Å². The van der Waals surface area contributed by atoms with E-state index in [9.17, 15) is 9.59 Å². The summed E-state index contributed by atoms with van der Waals surface area (Å²) in [5.41, 5.74) is 0. The van der Waals surface area contributed by atoms with Crippen molar-refractivity contribution in [3.63, 3.8) is 0 Å². The number of nitrogens with one attached hydrogen (secondary N) is 1. The number of rotatable bonds is 5. The Labute approximate surface area is 127 Å². The minimum Gasteiger partial charge on any atom is -0.484 e. The normalized spacial score (nSPS) is 10.1. The molecular weight excluding hydrogens is 346 g/mol. The predicted molar refractivity (Wildman–Crippen MR) is 79.5 cm³/mol. The van der Waals surface area contributed by atoms with E-state index in [0.29, 0.717) is 10.8 Å². The third-order valence-electron chi connectivity index (χ3n) is 2.25. The third kappa shape index (κ3) is 4.07. The second-order valence-electron chi connectivity index (χ2n) is 3.76. The van der Waals surface area contributed by atoms with Crippen molar-refractivity contribution in [3.05, 3.63) is 45.7 Å². The summed E-state index contributed by atoms with van der Waals surface area (Å²) in [5.74, 6) is -0.781. The Bertz CT molecular complexity index is 641. The van der Waals surface area contributed by atoms with E-state index < -0.39 is 5.97 Å². The topological polar surface area (TPSA) is 75.6 Å². The van der Waals surface area contributed by atoms with Gasteiger partial charge < -0.3 is 15.2 Å². The number of amides is 1. The second kappa shape index (κ2) is 6.53. The van der Waals surface area contributed by atoms with Crippen LogP contribution in [0.5, 0.6) is 5.75 Å². The summed E-state index contributed by atoms with van der Waals surface area (Å²) in [5, 5.41) is 11.8. The van der Waals surface area contributed by atoms with Crippen LogP contribution >= 0.6 is 27.3 Å². The van der Waals surface area contributed by atoms with E-state index in [1.165, 1.54) is 6.07 Å². The standard InChI is InChI=1S/C13H10BrNO4S/c14-8-2-1-3-9(6-8)19-7-11(16)15-12-5-4-10(20-12)13(17)18/h1-6H,7H2,(H,15,16)(H,17,18). The number of halogens is 1. The van der Waals surface area contributed by atoms with Crippen molar-refractivity contribution in [1.29, 1.82) is 0 Å². The highest BCUT2D eigenvalue weighted by Gasteiger charge is 2.09. The molecule has 104 valence electrons. The largest absolute Gasteiger partial charge is 0.484 e. The zero-order valence-corrected chi connectivity index (χ0v) is 12.5. The Morgan fingerprint density at radius 3 is 2.75 bits per heavy atom. The molecule has 2 N–H and O–H groups in total. The van der Waals surface area contributed by atoms with Crippen molar-refractivity contribution in [2.45, 2.75) is 0 Å². The summed E-state index contributed by atoms with van der Waals surface area (Å²) >= 11 is 4.30. The minimum absolute atomic E-state index is 0.142. The maximum absolute atomic E-state index is 11.7. The maximum Gasteiger partial charge on any atom is 0.345 e. The molecule has 1 aromatic heterocycles. The molecule has 0 spiro atoms. The number of ether oxygens (including phenoxy) is 1. The fraction of sp³-hybridized carbons (Fsp3) is 0.0769. The lowest BCUT2D eigenvalue weighted by Crippen LogP contribution is -2.19. The van der Waals surface area contributed by atoms with Crippen LogP contribution in [0.25, 0.3) is 0 Å². The van der Waals surface area contributed by atoms with Gasteiger partial charge in [-0.15, -0.1) is 11.3 Å². The van der Waals surface area contributed by atoms with Gasteiger partial charge in [-0.1, -0.05) is 22.0 Å². The molecule has 7 heteroatoms. The first kappa shape index (κ1) is 14.5. The monoisotopic (exact) mass is 355 g/mol. The van der Waals surface area contributed by atoms with Gasteiger partial charge in [-0.3, -0.25) is 4.79 Å². The molecule has 0 radical (unpaired) electrons. The highest BCUT2D eigenvalue weighted by Crippen LogP contribution is 2.22. The molecule has 2 rings (SSSR count). The molecule has 1 amide bonds. The van der Waals surface area contributed by atoms with Crippen molar-refractivity contribution < 1.29 is 19.4 Å². The summed E-state index contributed by atoms with van der Waals surface area (Å²) in [7, 11) is 0. The third-order valence-corrected chi connectivity index (χ3v) is 3.73. The molecule has 0 fully saturated rings. The number of carboxylic acids is 1. The van der Waals surface area contributed by atoms with E-state index >= 15 is 0 Å². The zero-order valence-electron chi connectivity index (χ0n) is 10.1. The van der Waals surface area contributed by atoms with Crippen LogP contribution in [0.4, 0.5) is 5.00 Å². The number of thiophene rings is 1. The molecule has 0 bridgehead atoms. The fourth-order valence-electron chi connectivity index (χ4n) is 1.40. The number of aromatic carboxylic acids is 1. The van der Waals surface area contributed by atoms with E-state index in [1.807, 2.05) is 6.07 Å². The first-order chi connectivity index (χ1) is 9.54. The number of anilines is 1. The summed E-state index contributed by atoms with van der Waals surface area (Å²) in [6.07, 6.45) is 0. The number of carboxylic acid groups (broad SMARTS) is 1. The molecule has 0 aliphatic heterocycles. The lowest BCUT2D eigenvalue weighted by Gasteiger charge is -2.06. The average Bonchev–Trinajstić information content (AvgIpc) is 2.85. The number of carbonyl (C=O) groups excluding carboxylic acids is 1. The molecule has 1 aromatic carbocycles. The first-order valence-electron chi connectivity index (χ1n) is 5.56. The summed E-state index contributed by atoms with van der Waals surface area (Å²) in [4.78, 5) is 22.5. The van der Waals surface area contributed by atoms with Gasteiger partial charge in [0.05, 0.1) is 5.00 Å². The van der Waals surface area contributed by atoms with Gasteiger partial charge in [-0.05, 0) is 30.3 Å². The Morgan fingerprint density at radius 2 is 2.10 bits per heavy atom. The Kier molecular flexibility index (Phi) is 4.75. The van der Waals surface area contributed by atoms with Gasteiger partial charge in [0.1, 0.15) is 10.6 Å². The molecule has 5 nitrogen and oxygen atoms in total. The van der Waals surface area contributed by atoms with Crippen LogP contribution < -0.4 is 10.1 Å². The number of carbonyl (C=O) groups is 2. The van der Waals surface area contributed by atoms with Crippen LogP contribution in [-0.4, -0.2) is 23.6 Å². The average molecular weight is 356 g/mol. The summed E-state index contributed by atoms with van der Waals surface area (Å²) in [6, 6.07) is 10.1. The van der Waals surface area contributed by atoms with E-state index in [1.54, 1.807) is 24.3 Å². The molecule has 2 aromatic rings. The SMILES string of the molecule is O=C(COc1cccc(Br)c1)Nc1ccc(C(=O)O)s1. The number of hydrogen-bond donors (Lipinski definition) is 2. The Morgan fingerprint density at radius 1 is 1.30 bits per heavy atom. The first-order valence-corrected chi connectivity index (χ1v) is 7.17. The van der Waals surface area contributed by atoms with E-state index in [0.717, 1.165) is 15.8 Å². The van der Waals surface area contributed by atoms with Crippen molar-refractivity contribution in [1.82, 2.24) is 0 Å². The second-order valence-corrected chi connectivity index (χ2v) is 5.76. The van der Waals surface area contributed by atoms with E-state index in [4.69, 9.17) is 9.84 Å². The minimum atomic E-state index is -1.01. The zero-order chi connectivity index (χ0) is 14.5. The molecule has 0 atom stereocenters.